The first kappa shape index (κ1) is 15.0. The lowest BCUT2D eigenvalue weighted by molar-refractivity contribution is 0.100. The molecule has 2 rings (SSSR count). The number of para-hydroxylation sites is 1. The van der Waals surface area contributed by atoms with Crippen molar-refractivity contribution < 1.29 is 14.6 Å². The highest BCUT2D eigenvalue weighted by atomic mass is 35.5. The van der Waals surface area contributed by atoms with Crippen LogP contribution in [0.25, 0.3) is 0 Å². The van der Waals surface area contributed by atoms with Crippen LogP contribution in [0.15, 0.2) is 36.4 Å². The molecule has 4 N–H and O–H groups in total. The maximum Gasteiger partial charge on any atom is 0.248 e. The Morgan fingerprint density at radius 3 is 2.81 bits per heavy atom. The smallest absolute Gasteiger partial charge is 0.248 e. The van der Waals surface area contributed by atoms with Crippen LogP contribution in [0.1, 0.15) is 15.9 Å². The molecule has 0 saturated carbocycles. The lowest BCUT2D eigenvalue weighted by atomic mass is 10.1. The molecule has 0 saturated heterocycles. The number of hydrogen-bond acceptors (Lipinski definition) is 4. The minimum absolute atomic E-state index is 0.0247. The molecule has 0 aliphatic carbocycles. The first-order valence-electron chi connectivity index (χ1n) is 6.21. The molecule has 1 amide bonds. The number of nitrogens with one attached hydrogen (secondary N) is 1. The molecule has 0 heterocycles. The predicted octanol–water partition coefficient (Wildman–Crippen LogP) is 2.77. The number of carbonyl (C=O) groups excluding carboxylic acids is 1. The van der Waals surface area contributed by atoms with E-state index < -0.39 is 5.91 Å². The summed E-state index contributed by atoms with van der Waals surface area (Å²) in [6.07, 6.45) is 0. The highest BCUT2D eigenvalue weighted by Gasteiger charge is 2.09. The second kappa shape index (κ2) is 6.37. The van der Waals surface area contributed by atoms with E-state index in [1.54, 1.807) is 36.4 Å². The molecule has 0 atom stereocenters. The van der Waals surface area contributed by atoms with E-state index in [1.165, 1.54) is 7.11 Å². The van der Waals surface area contributed by atoms with Crippen LogP contribution in [0.2, 0.25) is 5.02 Å². The van der Waals surface area contributed by atoms with Crippen molar-refractivity contribution in [2.45, 2.75) is 6.54 Å². The predicted molar refractivity (Wildman–Crippen MR) is 82.0 cm³/mol. The number of anilines is 1. The Bertz CT molecular complexity index is 674. The van der Waals surface area contributed by atoms with Crippen molar-refractivity contribution in [2.75, 3.05) is 12.4 Å². The van der Waals surface area contributed by atoms with Gasteiger partial charge in [-0.25, -0.2) is 0 Å². The summed E-state index contributed by atoms with van der Waals surface area (Å²) in [4.78, 5) is 11.2. The molecule has 0 aromatic heterocycles. The molecule has 0 bridgehead atoms. The van der Waals surface area contributed by atoms with E-state index in [2.05, 4.69) is 5.32 Å². The molecule has 0 radical (unpaired) electrons. The zero-order valence-electron chi connectivity index (χ0n) is 11.4. The Balaban J connectivity index is 2.24. The number of phenols is 1. The van der Waals surface area contributed by atoms with Gasteiger partial charge in [-0.15, -0.1) is 0 Å². The minimum atomic E-state index is -0.522. The average molecular weight is 307 g/mol. The Hall–Kier alpha value is -2.40. The van der Waals surface area contributed by atoms with Crippen molar-refractivity contribution in [3.05, 3.63) is 52.5 Å². The summed E-state index contributed by atoms with van der Waals surface area (Å²) < 4.78 is 5.22. The van der Waals surface area contributed by atoms with Gasteiger partial charge in [-0.2, -0.15) is 0 Å². The van der Waals surface area contributed by atoms with Crippen molar-refractivity contribution in [3.8, 4) is 11.5 Å². The number of rotatable bonds is 5. The Kier molecular flexibility index (Phi) is 4.55. The van der Waals surface area contributed by atoms with Gasteiger partial charge in [0.25, 0.3) is 0 Å². The standard InChI is InChI=1S/C15H15ClN2O3/c1-21-13-6-5-9(15(17)20)7-12(13)18-8-10-3-2-4-11(16)14(10)19/h2-7,18-19H,8H2,1H3,(H2,17,20). The lowest BCUT2D eigenvalue weighted by Crippen LogP contribution is -2.11. The number of aromatic hydroxyl groups is 1. The van der Waals surface area contributed by atoms with Gasteiger partial charge in [0.15, 0.2) is 0 Å². The fourth-order valence-corrected chi connectivity index (χ4v) is 2.09. The van der Waals surface area contributed by atoms with Crippen molar-refractivity contribution in [2.24, 2.45) is 5.73 Å². The topological polar surface area (TPSA) is 84.6 Å². The van der Waals surface area contributed by atoms with Crippen molar-refractivity contribution in [1.29, 1.82) is 0 Å². The molecule has 110 valence electrons. The first-order valence-corrected chi connectivity index (χ1v) is 6.58. The number of halogens is 1. The Labute approximate surface area is 127 Å². The summed E-state index contributed by atoms with van der Waals surface area (Å²) >= 11 is 5.86. The number of ether oxygens (including phenoxy) is 1. The molecular weight excluding hydrogens is 292 g/mol. The van der Waals surface area contributed by atoms with Crippen LogP contribution < -0.4 is 15.8 Å². The van der Waals surface area contributed by atoms with Gasteiger partial charge in [0, 0.05) is 17.7 Å². The van der Waals surface area contributed by atoms with Crippen molar-refractivity contribution >= 4 is 23.2 Å². The number of phenolic OH excluding ortho intramolecular Hbond substituents is 1. The minimum Gasteiger partial charge on any atom is -0.506 e. The monoisotopic (exact) mass is 306 g/mol. The lowest BCUT2D eigenvalue weighted by Gasteiger charge is -2.13. The van der Waals surface area contributed by atoms with Crippen LogP contribution >= 0.6 is 11.6 Å². The van der Waals surface area contributed by atoms with Gasteiger partial charge in [0.05, 0.1) is 17.8 Å². The van der Waals surface area contributed by atoms with E-state index in [9.17, 15) is 9.90 Å². The van der Waals surface area contributed by atoms with Crippen molar-refractivity contribution in [3.63, 3.8) is 0 Å². The normalized spacial score (nSPS) is 10.2. The van der Waals surface area contributed by atoms with Gasteiger partial charge in [0.1, 0.15) is 11.5 Å². The molecule has 0 spiro atoms. The molecule has 6 heteroatoms. The molecule has 0 aliphatic rings. The molecular formula is C15H15ClN2O3. The van der Waals surface area contributed by atoms with Gasteiger partial charge >= 0.3 is 0 Å². The first-order chi connectivity index (χ1) is 10.0. The van der Waals surface area contributed by atoms with E-state index >= 15 is 0 Å². The Morgan fingerprint density at radius 1 is 1.38 bits per heavy atom. The van der Waals surface area contributed by atoms with Crippen molar-refractivity contribution in [1.82, 2.24) is 0 Å². The van der Waals surface area contributed by atoms with E-state index in [-0.39, 0.29) is 10.8 Å². The van der Waals surface area contributed by atoms with E-state index in [0.29, 0.717) is 29.1 Å². The van der Waals surface area contributed by atoms with Crippen LogP contribution in [0.4, 0.5) is 5.69 Å². The molecule has 0 fully saturated rings. The number of primary amides is 1. The Morgan fingerprint density at radius 2 is 2.14 bits per heavy atom. The molecule has 5 nitrogen and oxygen atoms in total. The zero-order chi connectivity index (χ0) is 15.4. The van der Waals surface area contributed by atoms with Crippen LogP contribution in [-0.2, 0) is 6.54 Å². The number of amides is 1. The summed E-state index contributed by atoms with van der Waals surface area (Å²) in [5.74, 6) is 0.0736. The molecule has 2 aromatic carbocycles. The molecule has 0 unspecified atom stereocenters. The second-order valence-electron chi connectivity index (χ2n) is 4.38. The van der Waals surface area contributed by atoms with Crippen LogP contribution in [-0.4, -0.2) is 18.1 Å². The number of benzene rings is 2. The van der Waals surface area contributed by atoms with Gasteiger partial charge in [0.2, 0.25) is 5.91 Å². The summed E-state index contributed by atoms with van der Waals surface area (Å²) in [6.45, 7) is 0.324. The largest absolute Gasteiger partial charge is 0.506 e. The van der Waals surface area contributed by atoms with Gasteiger partial charge in [-0.05, 0) is 24.3 Å². The number of hydrogen-bond donors (Lipinski definition) is 3. The third kappa shape index (κ3) is 3.38. The second-order valence-corrected chi connectivity index (χ2v) is 4.79. The maximum atomic E-state index is 11.2. The SMILES string of the molecule is COc1ccc(C(N)=O)cc1NCc1cccc(Cl)c1O. The third-order valence-electron chi connectivity index (χ3n) is 3.02. The molecule has 2 aromatic rings. The highest BCUT2D eigenvalue weighted by Crippen LogP contribution is 2.30. The molecule has 21 heavy (non-hydrogen) atoms. The summed E-state index contributed by atoms with van der Waals surface area (Å²) in [6, 6.07) is 9.94. The number of methoxy groups -OCH3 is 1. The average Bonchev–Trinajstić information content (AvgIpc) is 2.48. The van der Waals surface area contributed by atoms with Crippen LogP contribution in [0, 0.1) is 0 Å². The maximum absolute atomic E-state index is 11.2. The number of carbonyl (C=O) groups is 1. The van der Waals surface area contributed by atoms with E-state index in [0.717, 1.165) is 0 Å². The zero-order valence-corrected chi connectivity index (χ0v) is 12.1. The van der Waals surface area contributed by atoms with E-state index in [4.69, 9.17) is 22.1 Å². The fraction of sp³-hybridized carbons (Fsp3) is 0.133. The summed E-state index contributed by atoms with van der Waals surface area (Å²) in [5, 5.41) is 13.2. The highest BCUT2D eigenvalue weighted by molar-refractivity contribution is 6.32. The summed E-state index contributed by atoms with van der Waals surface area (Å²) in [7, 11) is 1.53. The molecule has 0 aliphatic heterocycles. The number of nitrogens with two attached hydrogens (primary N) is 1. The summed E-state index contributed by atoms with van der Waals surface area (Å²) in [5.41, 5.74) is 6.87. The quantitative estimate of drug-likeness (QED) is 0.793. The third-order valence-corrected chi connectivity index (χ3v) is 3.33. The van der Waals surface area contributed by atoms with Crippen LogP contribution in [0.5, 0.6) is 11.5 Å². The van der Waals surface area contributed by atoms with E-state index in [1.807, 2.05) is 0 Å². The van der Waals surface area contributed by atoms with Gasteiger partial charge in [-0.3, -0.25) is 4.79 Å². The fourth-order valence-electron chi connectivity index (χ4n) is 1.89. The van der Waals surface area contributed by atoms with Crippen LogP contribution in [0.3, 0.4) is 0 Å². The van der Waals surface area contributed by atoms with Gasteiger partial charge in [-0.1, -0.05) is 23.7 Å². The van der Waals surface area contributed by atoms with Gasteiger partial charge < -0.3 is 20.9 Å².